The van der Waals surface area contributed by atoms with Crippen molar-refractivity contribution in [2.24, 2.45) is 0 Å². The molecule has 0 heterocycles. The van der Waals surface area contributed by atoms with Crippen molar-refractivity contribution in [1.29, 1.82) is 0 Å². The van der Waals surface area contributed by atoms with Crippen LogP contribution in [0.4, 0.5) is 87.8 Å². The molecule has 0 N–H and O–H groups in total. The molecule has 0 bridgehead atoms. The second kappa shape index (κ2) is 16.4. The maximum absolute atomic E-state index is 16.4. The molecular formula is C42H11F20P. The number of hydrogen-bond donors (Lipinski definition) is 0. The van der Waals surface area contributed by atoms with Crippen LogP contribution in [0, 0.1) is 116 Å². The van der Waals surface area contributed by atoms with Crippen molar-refractivity contribution in [3.8, 4) is 44.5 Å². The lowest BCUT2D eigenvalue weighted by Gasteiger charge is -2.30. The first-order chi connectivity index (χ1) is 29.7. The van der Waals surface area contributed by atoms with E-state index in [-0.39, 0.29) is 16.7 Å². The number of rotatable bonds is 7. The minimum Gasteiger partial charge on any atom is -0.203 e. The third-order valence-electron chi connectivity index (χ3n) is 9.43. The van der Waals surface area contributed by atoms with Gasteiger partial charge in [-0.1, -0.05) is 60.7 Å². The third-order valence-corrected chi connectivity index (χ3v) is 11.9. The van der Waals surface area contributed by atoms with E-state index in [9.17, 15) is 17.6 Å². The van der Waals surface area contributed by atoms with E-state index in [4.69, 9.17) is 0 Å². The van der Waals surface area contributed by atoms with Crippen molar-refractivity contribution >= 4 is 23.8 Å². The van der Waals surface area contributed by atoms with Gasteiger partial charge in [-0.25, -0.2) is 87.8 Å². The van der Waals surface area contributed by atoms with E-state index in [1.54, 1.807) is 0 Å². The van der Waals surface area contributed by atoms with Crippen LogP contribution in [0.25, 0.3) is 44.5 Å². The van der Waals surface area contributed by atoms with Crippen LogP contribution >= 0.6 is 7.92 Å². The van der Waals surface area contributed by atoms with Gasteiger partial charge in [0.1, 0.15) is 0 Å². The van der Waals surface area contributed by atoms with E-state index in [0.717, 1.165) is 24.3 Å². The van der Waals surface area contributed by atoms with Crippen molar-refractivity contribution < 1.29 is 87.8 Å². The van der Waals surface area contributed by atoms with E-state index in [2.05, 4.69) is 0 Å². The lowest BCUT2D eigenvalue weighted by molar-refractivity contribution is 0.379. The largest absolute Gasteiger partial charge is 0.203 e. The van der Waals surface area contributed by atoms with Crippen LogP contribution < -0.4 is 15.9 Å². The summed E-state index contributed by atoms with van der Waals surface area (Å²) in [5.74, 6) is -61.7. The van der Waals surface area contributed by atoms with Gasteiger partial charge in [0, 0.05) is 16.7 Å². The van der Waals surface area contributed by atoms with Crippen LogP contribution in [0.5, 0.6) is 0 Å². The molecule has 0 aliphatic rings. The number of benzene rings is 7. The van der Waals surface area contributed by atoms with E-state index in [1.807, 2.05) is 0 Å². The topological polar surface area (TPSA) is 0 Å². The zero-order valence-electron chi connectivity index (χ0n) is 29.9. The Labute approximate surface area is 339 Å². The number of hydrogen-bond acceptors (Lipinski definition) is 0. The highest BCUT2D eigenvalue weighted by atomic mass is 31.1. The summed E-state index contributed by atoms with van der Waals surface area (Å²) in [6.45, 7) is 0. The molecule has 0 spiro atoms. The Hall–Kier alpha value is -6.43. The van der Waals surface area contributed by atoms with Gasteiger partial charge in [-0.15, -0.1) is 0 Å². The van der Waals surface area contributed by atoms with E-state index >= 15 is 70.2 Å². The lowest BCUT2D eigenvalue weighted by atomic mass is 9.81. The molecule has 0 atom stereocenters. The standard InChI is InChI=1S/C42H11F20P/c43-23-17(24(44)32(52)39(59)31(23)51)14-11-15(63(12-7-3-1-4-8-12)13-9-5-2-6-10-13)18(21-27(47)35(55)41(61)36(56)28(21)48)19(22-29(49)37(57)42(62)38(58)30(22)50)16(14)20-25(45)33(53)40(60)34(54)26(20)46/h1-11H. The summed E-state index contributed by atoms with van der Waals surface area (Å²) < 4.78 is 310. The highest BCUT2D eigenvalue weighted by Gasteiger charge is 2.42. The van der Waals surface area contributed by atoms with Crippen molar-refractivity contribution in [3.05, 3.63) is 183 Å². The van der Waals surface area contributed by atoms with Gasteiger partial charge in [0.25, 0.3) is 0 Å². The lowest BCUT2D eigenvalue weighted by Crippen LogP contribution is -2.25. The molecule has 7 rings (SSSR count). The molecule has 0 amide bonds. The predicted octanol–water partition coefficient (Wildman–Crippen LogP) is 12.9. The normalized spacial score (nSPS) is 11.6. The van der Waals surface area contributed by atoms with Gasteiger partial charge in [0.05, 0.1) is 22.3 Å². The molecule has 0 aliphatic carbocycles. The van der Waals surface area contributed by atoms with Gasteiger partial charge in [-0.2, -0.15) is 0 Å². The third kappa shape index (κ3) is 6.76. The first kappa shape index (κ1) is 44.6. The minimum atomic E-state index is -3.19. The monoisotopic (exact) mass is 926 g/mol. The second-order valence-electron chi connectivity index (χ2n) is 12.9. The van der Waals surface area contributed by atoms with Gasteiger partial charge in [0.2, 0.25) is 23.3 Å². The van der Waals surface area contributed by atoms with Gasteiger partial charge in [-0.3, -0.25) is 0 Å². The Bertz CT molecular complexity index is 2910. The molecule has 0 nitrogen and oxygen atoms in total. The highest BCUT2D eigenvalue weighted by Crippen LogP contribution is 2.54. The molecule has 0 saturated heterocycles. The van der Waals surface area contributed by atoms with E-state index in [1.165, 1.54) is 36.4 Å². The van der Waals surface area contributed by atoms with Crippen LogP contribution in [0.3, 0.4) is 0 Å². The Kier molecular flexibility index (Phi) is 11.6. The quantitative estimate of drug-likeness (QED) is 0.0647. The fourth-order valence-corrected chi connectivity index (χ4v) is 9.20. The Morgan fingerprint density at radius 3 is 0.762 bits per heavy atom. The van der Waals surface area contributed by atoms with Crippen molar-refractivity contribution in [3.63, 3.8) is 0 Å². The maximum atomic E-state index is 16.4. The molecule has 63 heavy (non-hydrogen) atoms. The molecule has 324 valence electrons. The fourth-order valence-electron chi connectivity index (χ4n) is 6.70. The average Bonchev–Trinajstić information content (AvgIpc) is 3.28. The van der Waals surface area contributed by atoms with Crippen LogP contribution in [0.15, 0.2) is 66.7 Å². The molecule has 21 heteroatoms. The molecular weight excluding hydrogens is 915 g/mol. The summed E-state index contributed by atoms with van der Waals surface area (Å²) in [7, 11) is -3.13. The minimum absolute atomic E-state index is 0.0692. The zero-order valence-corrected chi connectivity index (χ0v) is 30.8. The molecule has 0 aliphatic heterocycles. The average molecular weight is 926 g/mol. The van der Waals surface area contributed by atoms with Gasteiger partial charge < -0.3 is 0 Å². The zero-order chi connectivity index (χ0) is 46.3. The van der Waals surface area contributed by atoms with Gasteiger partial charge in [-0.05, 0) is 35.5 Å². The van der Waals surface area contributed by atoms with Crippen LogP contribution in [-0.2, 0) is 0 Å². The molecule has 0 radical (unpaired) electrons. The summed E-state index contributed by atoms with van der Waals surface area (Å²) in [6, 6.07) is 11.6. The summed E-state index contributed by atoms with van der Waals surface area (Å²) >= 11 is 0. The first-order valence-corrected chi connectivity index (χ1v) is 18.2. The van der Waals surface area contributed by atoms with Crippen LogP contribution in [-0.4, -0.2) is 0 Å². The maximum Gasteiger partial charge on any atom is 0.200 e. The van der Waals surface area contributed by atoms with E-state index < -0.39 is 174 Å². The van der Waals surface area contributed by atoms with Gasteiger partial charge in [0.15, 0.2) is 93.1 Å². The molecule has 0 saturated carbocycles. The molecule has 7 aromatic carbocycles. The summed E-state index contributed by atoms with van der Waals surface area (Å²) in [6.07, 6.45) is 0. The first-order valence-electron chi connectivity index (χ1n) is 16.8. The Balaban J connectivity index is 1.99. The Morgan fingerprint density at radius 1 is 0.222 bits per heavy atom. The molecule has 7 aromatic rings. The second-order valence-corrected chi connectivity index (χ2v) is 15.0. The van der Waals surface area contributed by atoms with Crippen LogP contribution in [0.1, 0.15) is 0 Å². The molecule has 0 fully saturated rings. The van der Waals surface area contributed by atoms with Crippen molar-refractivity contribution in [2.45, 2.75) is 0 Å². The van der Waals surface area contributed by atoms with Crippen molar-refractivity contribution in [1.82, 2.24) is 0 Å². The fraction of sp³-hybridized carbons (Fsp3) is 0. The summed E-state index contributed by atoms with van der Waals surface area (Å²) in [5, 5.41) is -1.87. The summed E-state index contributed by atoms with van der Waals surface area (Å²) in [4.78, 5) is 0. The van der Waals surface area contributed by atoms with Gasteiger partial charge >= 0.3 is 0 Å². The SMILES string of the molecule is Fc1c(F)c(F)c(-c2cc(P(c3ccccc3)c3ccccc3)c(-c3c(F)c(F)c(F)c(F)c3F)c(-c3c(F)c(F)c(F)c(F)c3F)c2-c2c(F)c(F)c(F)c(F)c2F)c(F)c1F. The predicted molar refractivity (Wildman–Crippen MR) is 186 cm³/mol. The number of halogens is 20. The van der Waals surface area contributed by atoms with Crippen molar-refractivity contribution in [2.75, 3.05) is 0 Å². The molecule has 0 unspecified atom stereocenters. The van der Waals surface area contributed by atoms with E-state index in [0.29, 0.717) is 0 Å². The van der Waals surface area contributed by atoms with Crippen LogP contribution in [0.2, 0.25) is 0 Å². The molecule has 0 aromatic heterocycles. The summed E-state index contributed by atoms with van der Waals surface area (Å²) in [5.41, 5.74) is -20.0. The Morgan fingerprint density at radius 2 is 0.460 bits per heavy atom. The highest BCUT2D eigenvalue weighted by molar-refractivity contribution is 7.80. The smallest absolute Gasteiger partial charge is 0.200 e.